The van der Waals surface area contributed by atoms with Gasteiger partial charge >= 0.3 is 0 Å². The number of rotatable bonds is 4. The van der Waals surface area contributed by atoms with Gasteiger partial charge in [-0.2, -0.15) is 0 Å². The first kappa shape index (κ1) is 15.0. The van der Waals surface area contributed by atoms with Crippen molar-refractivity contribution in [3.8, 4) is 0 Å². The highest BCUT2D eigenvalue weighted by molar-refractivity contribution is 14.1. The van der Waals surface area contributed by atoms with E-state index >= 15 is 0 Å². The Hall–Kier alpha value is -0.430. The van der Waals surface area contributed by atoms with Crippen molar-refractivity contribution in [2.24, 2.45) is 5.84 Å². The van der Waals surface area contributed by atoms with Crippen molar-refractivity contribution in [3.63, 3.8) is 0 Å². The first-order valence-corrected chi connectivity index (χ1v) is 7.94. The van der Waals surface area contributed by atoms with Crippen LogP contribution in [0.1, 0.15) is 22.7 Å². The summed E-state index contributed by atoms with van der Waals surface area (Å²) in [7, 11) is 0. The van der Waals surface area contributed by atoms with Crippen LogP contribution >= 0.6 is 38.5 Å². The molecule has 0 saturated heterocycles. The molecule has 0 saturated carbocycles. The van der Waals surface area contributed by atoms with Gasteiger partial charge in [0.25, 0.3) is 0 Å². The van der Waals surface area contributed by atoms with Crippen LogP contribution in [0, 0.1) is 10.5 Å². The molecule has 0 aromatic heterocycles. The van der Waals surface area contributed by atoms with Gasteiger partial charge in [-0.05, 0) is 76.9 Å². The molecule has 0 aliphatic rings. The Labute approximate surface area is 136 Å². The average molecular weight is 431 g/mol. The maximum Gasteiger partial charge on any atom is 0.0502 e. The topological polar surface area (TPSA) is 38.0 Å². The summed E-state index contributed by atoms with van der Waals surface area (Å²) in [5.41, 5.74) is 6.69. The molecule has 0 aliphatic carbocycles. The van der Waals surface area contributed by atoms with Gasteiger partial charge in [-0.25, -0.2) is 0 Å². The van der Waals surface area contributed by atoms with Gasteiger partial charge in [0.2, 0.25) is 0 Å². The van der Waals surface area contributed by atoms with E-state index < -0.39 is 0 Å². The third-order valence-electron chi connectivity index (χ3n) is 3.16. The Balaban J connectivity index is 2.22. The number of nitrogens with two attached hydrogens (primary N) is 1. The lowest BCUT2D eigenvalue weighted by atomic mass is 9.96. The van der Waals surface area contributed by atoms with Crippen molar-refractivity contribution in [1.29, 1.82) is 0 Å². The zero-order chi connectivity index (χ0) is 13.8. The van der Waals surface area contributed by atoms with Crippen LogP contribution in [0.3, 0.4) is 0 Å². The van der Waals surface area contributed by atoms with Gasteiger partial charge in [-0.15, -0.1) is 0 Å². The molecule has 2 aromatic carbocycles. The second-order valence-corrected chi connectivity index (χ2v) is 6.71. The van der Waals surface area contributed by atoms with Gasteiger partial charge in [-0.3, -0.25) is 11.3 Å². The van der Waals surface area contributed by atoms with E-state index in [0.717, 1.165) is 10.9 Å². The lowest BCUT2D eigenvalue weighted by Crippen LogP contribution is -2.30. The Kier molecular flexibility index (Phi) is 5.38. The largest absolute Gasteiger partial charge is 0.271 e. The SMILES string of the molecule is Cc1cc(Br)ccc1C(Cc1ccc(I)cc1)NN. The summed E-state index contributed by atoms with van der Waals surface area (Å²) in [6.07, 6.45) is 0.885. The molecule has 0 fully saturated rings. The molecule has 2 aromatic rings. The summed E-state index contributed by atoms with van der Waals surface area (Å²) in [5.74, 6) is 5.73. The number of hydrazine groups is 1. The fraction of sp³-hybridized carbons (Fsp3) is 0.200. The van der Waals surface area contributed by atoms with Crippen LogP contribution in [0.2, 0.25) is 0 Å². The van der Waals surface area contributed by atoms with Crippen LogP contribution in [0.15, 0.2) is 46.9 Å². The summed E-state index contributed by atoms with van der Waals surface area (Å²) < 4.78 is 2.34. The fourth-order valence-corrected chi connectivity index (χ4v) is 2.98. The summed E-state index contributed by atoms with van der Waals surface area (Å²) in [5, 5.41) is 0. The predicted octanol–water partition coefficient (Wildman–Crippen LogP) is 4.11. The number of hydrogen-bond donors (Lipinski definition) is 2. The predicted molar refractivity (Wildman–Crippen MR) is 91.8 cm³/mol. The lowest BCUT2D eigenvalue weighted by Gasteiger charge is -2.19. The maximum atomic E-state index is 5.73. The van der Waals surface area contributed by atoms with Crippen molar-refractivity contribution < 1.29 is 0 Å². The molecule has 0 heterocycles. The van der Waals surface area contributed by atoms with Crippen molar-refractivity contribution in [2.75, 3.05) is 0 Å². The molecule has 0 aliphatic heterocycles. The van der Waals surface area contributed by atoms with Crippen LogP contribution in [-0.4, -0.2) is 0 Å². The molecule has 19 heavy (non-hydrogen) atoms. The molecule has 0 amide bonds. The smallest absolute Gasteiger partial charge is 0.0502 e. The van der Waals surface area contributed by atoms with Crippen LogP contribution in [0.5, 0.6) is 0 Å². The molecular weight excluding hydrogens is 415 g/mol. The van der Waals surface area contributed by atoms with Crippen molar-refractivity contribution in [3.05, 3.63) is 67.2 Å². The van der Waals surface area contributed by atoms with E-state index in [4.69, 9.17) is 5.84 Å². The average Bonchev–Trinajstić information content (AvgIpc) is 2.39. The number of benzene rings is 2. The fourth-order valence-electron chi connectivity index (χ4n) is 2.14. The molecule has 2 rings (SSSR count). The number of halogens is 2. The number of hydrogen-bond acceptors (Lipinski definition) is 2. The molecule has 1 atom stereocenters. The maximum absolute atomic E-state index is 5.73. The molecule has 1 unspecified atom stereocenters. The molecule has 4 heteroatoms. The minimum absolute atomic E-state index is 0.133. The second-order valence-electron chi connectivity index (χ2n) is 4.55. The van der Waals surface area contributed by atoms with Gasteiger partial charge in [0.1, 0.15) is 0 Å². The molecule has 0 radical (unpaired) electrons. The third-order valence-corrected chi connectivity index (χ3v) is 4.37. The van der Waals surface area contributed by atoms with Gasteiger partial charge in [-0.1, -0.05) is 34.1 Å². The van der Waals surface area contributed by atoms with Crippen LogP contribution in [0.25, 0.3) is 0 Å². The minimum Gasteiger partial charge on any atom is -0.271 e. The van der Waals surface area contributed by atoms with Gasteiger partial charge in [0, 0.05) is 8.04 Å². The van der Waals surface area contributed by atoms with E-state index in [-0.39, 0.29) is 6.04 Å². The number of aryl methyl sites for hydroxylation is 1. The third kappa shape index (κ3) is 4.02. The minimum atomic E-state index is 0.133. The quantitative estimate of drug-likeness (QED) is 0.435. The summed E-state index contributed by atoms with van der Waals surface area (Å²) in [6, 6.07) is 15.0. The lowest BCUT2D eigenvalue weighted by molar-refractivity contribution is 0.549. The Morgan fingerprint density at radius 1 is 1.21 bits per heavy atom. The van der Waals surface area contributed by atoms with Crippen molar-refractivity contribution >= 4 is 38.5 Å². The zero-order valence-electron chi connectivity index (χ0n) is 10.7. The van der Waals surface area contributed by atoms with Gasteiger partial charge in [0.05, 0.1) is 6.04 Å². The molecule has 0 spiro atoms. The second kappa shape index (κ2) is 6.83. The van der Waals surface area contributed by atoms with E-state index in [0.29, 0.717) is 0 Å². The molecule has 2 nitrogen and oxygen atoms in total. The van der Waals surface area contributed by atoms with Gasteiger partial charge < -0.3 is 0 Å². The van der Waals surface area contributed by atoms with E-state index in [1.54, 1.807) is 0 Å². The van der Waals surface area contributed by atoms with E-state index in [1.165, 1.54) is 20.3 Å². The van der Waals surface area contributed by atoms with Gasteiger partial charge in [0.15, 0.2) is 0 Å². The Bertz CT molecular complexity index is 555. The molecule has 0 bridgehead atoms. The normalized spacial score (nSPS) is 12.4. The highest BCUT2D eigenvalue weighted by Gasteiger charge is 2.13. The highest BCUT2D eigenvalue weighted by Crippen LogP contribution is 2.24. The first-order chi connectivity index (χ1) is 9.10. The standard InChI is InChI=1S/C15H16BrIN2/c1-10-8-12(16)4-7-14(10)15(19-18)9-11-2-5-13(17)6-3-11/h2-8,15,19H,9,18H2,1H3. The zero-order valence-corrected chi connectivity index (χ0v) is 14.4. The van der Waals surface area contributed by atoms with Crippen molar-refractivity contribution in [1.82, 2.24) is 5.43 Å². The summed E-state index contributed by atoms with van der Waals surface area (Å²) in [6.45, 7) is 2.11. The van der Waals surface area contributed by atoms with E-state index in [9.17, 15) is 0 Å². The van der Waals surface area contributed by atoms with E-state index in [1.807, 2.05) is 0 Å². The van der Waals surface area contributed by atoms with Crippen molar-refractivity contribution in [2.45, 2.75) is 19.4 Å². The molecule has 100 valence electrons. The number of nitrogens with one attached hydrogen (secondary N) is 1. The Morgan fingerprint density at radius 3 is 2.47 bits per heavy atom. The molecular formula is C15H16BrIN2. The Morgan fingerprint density at radius 2 is 1.89 bits per heavy atom. The van der Waals surface area contributed by atoms with E-state index in [2.05, 4.69) is 93.3 Å². The molecule has 3 N–H and O–H groups in total. The first-order valence-electron chi connectivity index (χ1n) is 6.07. The van der Waals surface area contributed by atoms with Crippen LogP contribution < -0.4 is 11.3 Å². The monoisotopic (exact) mass is 430 g/mol. The highest BCUT2D eigenvalue weighted by atomic mass is 127. The summed E-state index contributed by atoms with van der Waals surface area (Å²) in [4.78, 5) is 0. The summed E-state index contributed by atoms with van der Waals surface area (Å²) >= 11 is 5.80. The van der Waals surface area contributed by atoms with Crippen LogP contribution in [0.4, 0.5) is 0 Å². The van der Waals surface area contributed by atoms with Crippen LogP contribution in [-0.2, 0) is 6.42 Å².